The van der Waals surface area contributed by atoms with Crippen molar-refractivity contribution in [2.45, 2.75) is 39.4 Å². The predicted molar refractivity (Wildman–Crippen MR) is 153 cm³/mol. The van der Waals surface area contributed by atoms with Crippen molar-refractivity contribution in [3.63, 3.8) is 0 Å². The minimum atomic E-state index is -4.82. The average Bonchev–Trinajstić information content (AvgIpc) is 2.93. The van der Waals surface area contributed by atoms with E-state index >= 15 is 0 Å². The number of halogens is 9. The highest BCUT2D eigenvalue weighted by Crippen LogP contribution is 2.38. The molecule has 0 aromatic heterocycles. The van der Waals surface area contributed by atoms with Gasteiger partial charge in [0.1, 0.15) is 23.6 Å². The van der Waals surface area contributed by atoms with Crippen LogP contribution in [-0.2, 0) is 17.8 Å². The Morgan fingerprint density at radius 3 is 2.23 bits per heavy atom. The molecule has 0 spiro atoms. The van der Waals surface area contributed by atoms with Crippen LogP contribution in [0.15, 0.2) is 48.5 Å². The van der Waals surface area contributed by atoms with Crippen molar-refractivity contribution in [3.05, 3.63) is 91.7 Å². The molecule has 0 saturated heterocycles. The maximum absolute atomic E-state index is 13.5. The van der Waals surface area contributed by atoms with Crippen molar-refractivity contribution in [1.29, 1.82) is 0 Å². The minimum Gasteiger partial charge on any atom is -0.487 e. The zero-order valence-corrected chi connectivity index (χ0v) is 25.1. The van der Waals surface area contributed by atoms with E-state index in [1.807, 2.05) is 0 Å². The molecule has 0 aliphatic heterocycles. The van der Waals surface area contributed by atoms with Crippen molar-refractivity contribution in [1.82, 2.24) is 5.32 Å². The topological polar surface area (TPSA) is 84.5 Å². The molecule has 3 aromatic rings. The molecule has 0 radical (unpaired) electrons. The van der Waals surface area contributed by atoms with E-state index in [2.05, 4.69) is 10.6 Å². The second kappa shape index (κ2) is 14.1. The number of carbonyl (C=O) groups excluding carboxylic acids is 3. The second-order valence-corrected chi connectivity index (χ2v) is 11.1. The molecular formula is C29H23Cl3F6N2O4. The maximum atomic E-state index is 13.5. The largest absolute Gasteiger partial charge is 0.487 e. The van der Waals surface area contributed by atoms with Gasteiger partial charge in [-0.1, -0.05) is 46.9 Å². The Kier molecular flexibility index (Phi) is 11.2. The van der Waals surface area contributed by atoms with Crippen LogP contribution in [0.3, 0.4) is 0 Å². The number of ketones is 1. The highest BCUT2D eigenvalue weighted by Gasteiger charge is 2.52. The summed E-state index contributed by atoms with van der Waals surface area (Å²) in [6, 6.07) is 9.73. The molecule has 0 unspecified atom stereocenters. The lowest BCUT2D eigenvalue weighted by Gasteiger charge is -2.26. The molecule has 3 rings (SSSR count). The van der Waals surface area contributed by atoms with Crippen molar-refractivity contribution >= 4 is 58.1 Å². The van der Waals surface area contributed by atoms with Gasteiger partial charge < -0.3 is 15.4 Å². The molecule has 0 atom stereocenters. The maximum Gasteiger partial charge on any atom is 0.402 e. The molecule has 44 heavy (non-hydrogen) atoms. The quantitative estimate of drug-likeness (QED) is 0.157. The lowest BCUT2D eigenvalue weighted by Crippen LogP contribution is -2.46. The minimum absolute atomic E-state index is 0.0868. The van der Waals surface area contributed by atoms with Gasteiger partial charge in [0.25, 0.3) is 12.3 Å². The molecule has 0 aliphatic carbocycles. The highest BCUT2D eigenvalue weighted by molar-refractivity contribution is 6.40. The molecule has 0 bridgehead atoms. The van der Waals surface area contributed by atoms with Gasteiger partial charge in [0.15, 0.2) is 5.78 Å². The summed E-state index contributed by atoms with van der Waals surface area (Å²) in [6.07, 6.45) is -8.08. The van der Waals surface area contributed by atoms with Crippen LogP contribution in [0.2, 0.25) is 15.1 Å². The molecule has 236 valence electrons. The Bertz CT molecular complexity index is 1580. The lowest BCUT2D eigenvalue weighted by atomic mass is 9.91. The molecule has 6 nitrogen and oxygen atoms in total. The van der Waals surface area contributed by atoms with Gasteiger partial charge in [-0.15, -0.1) is 0 Å². The summed E-state index contributed by atoms with van der Waals surface area (Å²) in [4.78, 5) is 38.5. The van der Waals surface area contributed by atoms with Crippen LogP contribution in [-0.4, -0.2) is 36.8 Å². The normalized spacial score (nSPS) is 11.8. The van der Waals surface area contributed by atoms with E-state index in [9.17, 15) is 40.7 Å². The standard InChI is InChI=1S/C29H23Cl3F6N2O4/c1-28(2,29(36,37)38)27(43)39-12-15-4-6-18(30)24(25(15)32)21(41)10-14-3-8-22(44-13-23(34)35)17(9-14)26(42)40-16-5-7-20(33)19(31)11-16/h3-9,11,23H,10,12-13H2,1-2H3,(H,39,43)(H,40,42). The van der Waals surface area contributed by atoms with Crippen molar-refractivity contribution in [2.24, 2.45) is 5.41 Å². The Labute approximate surface area is 262 Å². The summed E-state index contributed by atoms with van der Waals surface area (Å²) in [5, 5.41) is 4.02. The molecule has 15 heteroatoms. The fraction of sp³-hybridized carbons (Fsp3) is 0.276. The zero-order valence-electron chi connectivity index (χ0n) is 22.9. The van der Waals surface area contributed by atoms with Crippen molar-refractivity contribution < 1.29 is 45.5 Å². The molecular weight excluding hydrogens is 661 g/mol. The van der Waals surface area contributed by atoms with Crippen LogP contribution >= 0.6 is 34.8 Å². The van der Waals surface area contributed by atoms with Crippen LogP contribution in [0.25, 0.3) is 0 Å². The van der Waals surface area contributed by atoms with E-state index in [1.54, 1.807) is 0 Å². The molecule has 0 aliphatic rings. The number of rotatable bonds is 11. The van der Waals surface area contributed by atoms with Crippen molar-refractivity contribution in [3.8, 4) is 5.75 Å². The first-order valence-electron chi connectivity index (χ1n) is 12.6. The monoisotopic (exact) mass is 682 g/mol. The van der Waals surface area contributed by atoms with E-state index in [0.29, 0.717) is 13.8 Å². The zero-order chi connectivity index (χ0) is 33.0. The number of carbonyl (C=O) groups is 3. The number of hydrogen-bond acceptors (Lipinski definition) is 4. The summed E-state index contributed by atoms with van der Waals surface area (Å²) < 4.78 is 83.8. The van der Waals surface area contributed by atoms with Crippen molar-refractivity contribution in [2.75, 3.05) is 11.9 Å². The van der Waals surface area contributed by atoms with Gasteiger partial charge in [0.2, 0.25) is 5.91 Å². The average molecular weight is 684 g/mol. The fourth-order valence-corrected chi connectivity index (χ4v) is 4.53. The Morgan fingerprint density at radius 1 is 0.932 bits per heavy atom. The summed E-state index contributed by atoms with van der Waals surface area (Å²) in [5.74, 6) is -3.79. The molecule has 2 amide bonds. The van der Waals surface area contributed by atoms with E-state index in [4.69, 9.17) is 39.5 Å². The number of nitrogens with one attached hydrogen (secondary N) is 2. The third-order valence-corrected chi connectivity index (χ3v) is 7.40. The van der Waals surface area contributed by atoms with Crippen LogP contribution in [0.5, 0.6) is 5.75 Å². The van der Waals surface area contributed by atoms with Gasteiger partial charge in [0.05, 0.1) is 26.2 Å². The Morgan fingerprint density at radius 2 is 1.61 bits per heavy atom. The van der Waals surface area contributed by atoms with Gasteiger partial charge in [0, 0.05) is 18.7 Å². The number of ether oxygens (including phenoxy) is 1. The first-order chi connectivity index (χ1) is 20.4. The van der Waals surface area contributed by atoms with Crippen LogP contribution < -0.4 is 15.4 Å². The van der Waals surface area contributed by atoms with Crippen LogP contribution in [0, 0.1) is 11.2 Å². The second-order valence-electron chi connectivity index (χ2n) is 9.92. The summed E-state index contributed by atoms with van der Waals surface area (Å²) in [7, 11) is 0. The summed E-state index contributed by atoms with van der Waals surface area (Å²) in [6.45, 7) is -0.0417. The number of hydrogen-bond donors (Lipinski definition) is 2. The molecule has 0 heterocycles. The van der Waals surface area contributed by atoms with E-state index in [1.165, 1.54) is 36.4 Å². The SMILES string of the molecule is CC(C)(C(=O)NCc1ccc(Cl)c(C(=O)Cc2ccc(OCC(F)F)c(C(=O)Nc3ccc(F)c(Cl)c3)c2)c1Cl)C(F)(F)F. The van der Waals surface area contributed by atoms with Crippen LogP contribution in [0.1, 0.15) is 45.7 Å². The third-order valence-electron chi connectivity index (χ3n) is 6.36. The van der Waals surface area contributed by atoms with E-state index in [-0.39, 0.29) is 48.8 Å². The number of amides is 2. The number of anilines is 1. The summed E-state index contributed by atoms with van der Waals surface area (Å²) >= 11 is 18.3. The Balaban J connectivity index is 1.87. The van der Waals surface area contributed by atoms with E-state index < -0.39 is 61.0 Å². The van der Waals surface area contributed by atoms with Gasteiger partial charge in [-0.2, -0.15) is 13.2 Å². The molecule has 2 N–H and O–H groups in total. The van der Waals surface area contributed by atoms with Gasteiger partial charge in [-0.05, 0) is 61.4 Å². The molecule has 0 saturated carbocycles. The molecule has 0 fully saturated rings. The number of alkyl halides is 5. The fourth-order valence-electron chi connectivity index (χ4n) is 3.70. The smallest absolute Gasteiger partial charge is 0.402 e. The van der Waals surface area contributed by atoms with Crippen LogP contribution in [0.4, 0.5) is 32.0 Å². The number of Topliss-reactive ketones (excluding diaryl/α,β-unsaturated/α-hetero) is 1. The van der Waals surface area contributed by atoms with Gasteiger partial charge in [-0.3, -0.25) is 14.4 Å². The lowest BCUT2D eigenvalue weighted by molar-refractivity contribution is -0.211. The first-order valence-corrected chi connectivity index (χ1v) is 13.7. The first kappa shape index (κ1) is 35.0. The van der Waals surface area contributed by atoms with E-state index in [0.717, 1.165) is 12.1 Å². The Hall–Kier alpha value is -3.48. The molecule has 3 aromatic carbocycles. The third kappa shape index (κ3) is 8.36. The summed E-state index contributed by atoms with van der Waals surface area (Å²) in [5.41, 5.74) is -2.72. The number of benzene rings is 3. The predicted octanol–water partition coefficient (Wildman–Crippen LogP) is 8.31. The highest BCUT2D eigenvalue weighted by atomic mass is 35.5. The van der Waals surface area contributed by atoms with Gasteiger partial charge >= 0.3 is 6.18 Å². The van der Waals surface area contributed by atoms with Gasteiger partial charge in [-0.25, -0.2) is 13.2 Å².